The lowest BCUT2D eigenvalue weighted by Gasteiger charge is -2.43. The molecular formula is C25H25ClFN5O3. The van der Waals surface area contributed by atoms with Crippen LogP contribution in [0.3, 0.4) is 0 Å². The zero-order valence-corrected chi connectivity index (χ0v) is 19.6. The number of halogens is 2. The monoisotopic (exact) mass is 497 g/mol. The third-order valence-electron chi connectivity index (χ3n) is 5.85. The number of β-amino-alcohol motifs (C(OH)–C–C–N with tert-alkyl or cyclic N) is 1. The van der Waals surface area contributed by atoms with E-state index in [9.17, 15) is 14.8 Å². The van der Waals surface area contributed by atoms with Crippen molar-refractivity contribution >= 4 is 17.3 Å². The molecule has 0 bridgehead atoms. The van der Waals surface area contributed by atoms with Crippen LogP contribution in [0, 0.1) is 17.1 Å². The lowest BCUT2D eigenvalue weighted by Crippen LogP contribution is -2.49. The Morgan fingerprint density at radius 3 is 2.60 bits per heavy atom. The van der Waals surface area contributed by atoms with Gasteiger partial charge in [-0.3, -0.25) is 4.90 Å². The van der Waals surface area contributed by atoms with Gasteiger partial charge in [-0.25, -0.2) is 14.4 Å². The van der Waals surface area contributed by atoms with E-state index in [1.165, 1.54) is 0 Å². The van der Waals surface area contributed by atoms with Crippen LogP contribution in [0.25, 0.3) is 0 Å². The Bertz CT molecular complexity index is 1170. The summed E-state index contributed by atoms with van der Waals surface area (Å²) in [6.07, 6.45) is 1.11. The van der Waals surface area contributed by atoms with E-state index in [4.69, 9.17) is 21.4 Å². The Morgan fingerprint density at radius 2 is 1.91 bits per heavy atom. The van der Waals surface area contributed by atoms with Crippen LogP contribution in [0.1, 0.15) is 29.1 Å². The molecule has 2 atom stereocenters. The molecule has 1 aromatic heterocycles. The molecule has 0 saturated carbocycles. The zero-order chi connectivity index (χ0) is 24.8. The Morgan fingerprint density at radius 1 is 1.17 bits per heavy atom. The SMILES string of the molecule is N#Cc1cc(OCCO)ccc1N1CCN(C[C@@H](O)c2ncc(F)cn2)C[C@H]1c1ccc(Cl)cc1. The number of nitrogens with zero attached hydrogens (tertiary/aromatic N) is 5. The Hall–Kier alpha value is -3.29. The molecule has 0 spiro atoms. The van der Waals surface area contributed by atoms with E-state index in [0.29, 0.717) is 36.0 Å². The minimum atomic E-state index is -0.967. The number of benzene rings is 2. The summed E-state index contributed by atoms with van der Waals surface area (Å²) in [6, 6.07) is 15.0. The molecule has 182 valence electrons. The number of anilines is 1. The van der Waals surface area contributed by atoms with Crippen LogP contribution >= 0.6 is 11.6 Å². The highest BCUT2D eigenvalue weighted by molar-refractivity contribution is 6.30. The third-order valence-corrected chi connectivity index (χ3v) is 6.10. The van der Waals surface area contributed by atoms with Crippen molar-refractivity contribution in [3.05, 3.63) is 82.6 Å². The fraction of sp³-hybridized carbons (Fsp3) is 0.320. The van der Waals surface area contributed by atoms with Gasteiger partial charge in [0.2, 0.25) is 0 Å². The second kappa shape index (κ2) is 11.4. The number of nitriles is 1. The molecule has 0 radical (unpaired) electrons. The van der Waals surface area contributed by atoms with Gasteiger partial charge in [-0.15, -0.1) is 0 Å². The van der Waals surface area contributed by atoms with Crippen LogP contribution in [0.2, 0.25) is 5.02 Å². The molecule has 2 aromatic carbocycles. The maximum absolute atomic E-state index is 13.2. The molecule has 1 saturated heterocycles. The highest BCUT2D eigenvalue weighted by Crippen LogP contribution is 2.35. The summed E-state index contributed by atoms with van der Waals surface area (Å²) in [5.74, 6) is 0.129. The van der Waals surface area contributed by atoms with Crippen molar-refractivity contribution in [2.24, 2.45) is 0 Å². The van der Waals surface area contributed by atoms with E-state index in [-0.39, 0.29) is 31.6 Å². The van der Waals surface area contributed by atoms with E-state index >= 15 is 0 Å². The molecule has 1 aliphatic heterocycles. The molecule has 1 aliphatic rings. The second-order valence-electron chi connectivity index (χ2n) is 8.16. The molecule has 2 heterocycles. The average Bonchev–Trinajstić information content (AvgIpc) is 2.88. The van der Waals surface area contributed by atoms with Crippen LogP contribution in [0.5, 0.6) is 5.75 Å². The molecule has 0 unspecified atom stereocenters. The zero-order valence-electron chi connectivity index (χ0n) is 18.9. The normalized spacial score (nSPS) is 17.1. The number of piperazine rings is 1. The van der Waals surface area contributed by atoms with Crippen molar-refractivity contribution in [1.29, 1.82) is 5.26 Å². The maximum atomic E-state index is 13.2. The number of hydrogen-bond donors (Lipinski definition) is 2. The first-order valence-electron chi connectivity index (χ1n) is 11.2. The number of rotatable bonds is 8. The Balaban J connectivity index is 1.59. The highest BCUT2D eigenvalue weighted by atomic mass is 35.5. The van der Waals surface area contributed by atoms with Gasteiger partial charge in [0, 0.05) is 31.2 Å². The fourth-order valence-corrected chi connectivity index (χ4v) is 4.32. The summed E-state index contributed by atoms with van der Waals surface area (Å²) >= 11 is 6.11. The number of aliphatic hydroxyl groups excluding tert-OH is 2. The predicted octanol–water partition coefficient (Wildman–Crippen LogP) is 3.11. The standard InChI is InChI=1S/C25H25ClFN5O3/c26-19-3-1-17(2-4-19)23-15-31(16-24(34)25-29-13-20(27)14-30-25)7-8-32(23)22-6-5-21(35-10-9-33)11-18(22)12-28/h1-6,11,13-14,23-24,33-34H,7-10,15-16H2/t23-,24+/m0/s1. The van der Waals surface area contributed by atoms with Crippen molar-refractivity contribution in [2.75, 3.05) is 44.3 Å². The average molecular weight is 498 g/mol. The van der Waals surface area contributed by atoms with Gasteiger partial charge >= 0.3 is 0 Å². The second-order valence-corrected chi connectivity index (χ2v) is 8.59. The molecule has 2 N–H and O–H groups in total. The van der Waals surface area contributed by atoms with Crippen LogP contribution < -0.4 is 9.64 Å². The van der Waals surface area contributed by atoms with Crippen molar-refractivity contribution in [3.63, 3.8) is 0 Å². The lowest BCUT2D eigenvalue weighted by molar-refractivity contribution is 0.0941. The number of aromatic nitrogens is 2. The molecule has 8 nitrogen and oxygen atoms in total. The molecule has 0 amide bonds. The summed E-state index contributed by atoms with van der Waals surface area (Å²) in [5.41, 5.74) is 2.24. The molecule has 10 heteroatoms. The quantitative estimate of drug-likeness (QED) is 0.489. The van der Waals surface area contributed by atoms with Gasteiger partial charge in [0.25, 0.3) is 0 Å². The van der Waals surface area contributed by atoms with E-state index in [0.717, 1.165) is 23.6 Å². The van der Waals surface area contributed by atoms with Gasteiger partial charge in [-0.1, -0.05) is 23.7 Å². The summed E-state index contributed by atoms with van der Waals surface area (Å²) < 4.78 is 18.6. The van der Waals surface area contributed by atoms with Gasteiger partial charge in [-0.05, 0) is 35.9 Å². The first-order valence-corrected chi connectivity index (χ1v) is 11.5. The van der Waals surface area contributed by atoms with Crippen LogP contribution in [0.15, 0.2) is 54.9 Å². The van der Waals surface area contributed by atoms with E-state index in [1.54, 1.807) is 12.1 Å². The largest absolute Gasteiger partial charge is 0.491 e. The van der Waals surface area contributed by atoms with Gasteiger partial charge in [-0.2, -0.15) is 5.26 Å². The van der Waals surface area contributed by atoms with E-state index in [2.05, 4.69) is 25.8 Å². The molecule has 1 fully saturated rings. The van der Waals surface area contributed by atoms with Crippen LogP contribution in [-0.2, 0) is 0 Å². The summed E-state index contributed by atoms with van der Waals surface area (Å²) in [4.78, 5) is 12.0. The lowest BCUT2D eigenvalue weighted by atomic mass is 9.99. The topological polar surface area (TPSA) is 106 Å². The molecule has 4 rings (SSSR count). The first-order chi connectivity index (χ1) is 17.0. The Labute approximate surface area is 207 Å². The maximum Gasteiger partial charge on any atom is 0.159 e. The third kappa shape index (κ3) is 6.05. The van der Waals surface area contributed by atoms with Crippen molar-refractivity contribution < 1.29 is 19.3 Å². The first kappa shape index (κ1) is 24.8. The minimum Gasteiger partial charge on any atom is -0.491 e. The van der Waals surface area contributed by atoms with Crippen molar-refractivity contribution in [2.45, 2.75) is 12.1 Å². The van der Waals surface area contributed by atoms with Gasteiger partial charge in [0.15, 0.2) is 11.6 Å². The van der Waals surface area contributed by atoms with Crippen molar-refractivity contribution in [1.82, 2.24) is 14.9 Å². The highest BCUT2D eigenvalue weighted by Gasteiger charge is 2.31. The van der Waals surface area contributed by atoms with E-state index < -0.39 is 11.9 Å². The predicted molar refractivity (Wildman–Crippen MR) is 129 cm³/mol. The molecule has 3 aromatic rings. The van der Waals surface area contributed by atoms with Gasteiger partial charge < -0.3 is 19.8 Å². The van der Waals surface area contributed by atoms with Crippen molar-refractivity contribution in [3.8, 4) is 11.8 Å². The fourth-order valence-electron chi connectivity index (χ4n) is 4.19. The molecule has 0 aliphatic carbocycles. The summed E-state index contributed by atoms with van der Waals surface area (Å²) in [7, 11) is 0. The summed E-state index contributed by atoms with van der Waals surface area (Å²) in [6.45, 7) is 2.09. The number of ether oxygens (including phenoxy) is 1. The minimum absolute atomic E-state index is 0.112. The van der Waals surface area contributed by atoms with Gasteiger partial charge in [0.05, 0.1) is 36.3 Å². The number of aliphatic hydroxyl groups is 2. The van der Waals surface area contributed by atoms with Crippen LogP contribution in [-0.4, -0.2) is 64.5 Å². The van der Waals surface area contributed by atoms with Crippen LogP contribution in [0.4, 0.5) is 10.1 Å². The Kier molecular flexibility index (Phi) is 8.10. The van der Waals surface area contributed by atoms with E-state index in [1.807, 2.05) is 30.3 Å². The molecule has 35 heavy (non-hydrogen) atoms. The van der Waals surface area contributed by atoms with Gasteiger partial charge in [0.1, 0.15) is 24.5 Å². The smallest absolute Gasteiger partial charge is 0.159 e. The number of hydrogen-bond acceptors (Lipinski definition) is 8. The molecular weight excluding hydrogens is 473 g/mol. The summed E-state index contributed by atoms with van der Waals surface area (Å²) in [5, 5.41) is 30.1.